The molecule has 0 aromatic carbocycles. The molecule has 0 heterocycles. The largest absolute Gasteiger partial charge is 0.469 e. The second kappa shape index (κ2) is 40.2. The number of unbranched alkanes of at least 4 members (excludes halogenated alkanes) is 16. The Kier molecular flexibility index (Phi) is 38.3. The van der Waals surface area contributed by atoms with E-state index in [0.717, 1.165) is 44.9 Å². The minimum Gasteiger partial charge on any atom is -0.462 e. The monoisotopic (exact) mass is 777 g/mol. The Morgan fingerprint density at radius 1 is 0.481 bits per heavy atom. The van der Waals surface area contributed by atoms with Gasteiger partial charge in [0.15, 0.2) is 6.10 Å². The summed E-state index contributed by atoms with van der Waals surface area (Å²) in [6, 6.07) is 0. The highest BCUT2D eigenvalue weighted by Gasteiger charge is 2.22. The van der Waals surface area contributed by atoms with Crippen molar-refractivity contribution in [1.29, 1.82) is 0 Å². The van der Waals surface area contributed by atoms with E-state index < -0.39 is 32.5 Å². The van der Waals surface area contributed by atoms with Gasteiger partial charge in [-0.2, -0.15) is 0 Å². The van der Waals surface area contributed by atoms with Gasteiger partial charge in [-0.25, -0.2) is 4.57 Å². The van der Waals surface area contributed by atoms with Gasteiger partial charge in [0.1, 0.15) is 6.61 Å². The van der Waals surface area contributed by atoms with E-state index >= 15 is 0 Å². The minimum atomic E-state index is -4.78. The average molecular weight is 777 g/mol. The zero-order valence-electron chi connectivity index (χ0n) is 34.1. The molecule has 0 amide bonds. The van der Waals surface area contributed by atoms with Crippen LogP contribution in [-0.4, -0.2) is 41.0 Å². The molecule has 0 saturated heterocycles. The Morgan fingerprint density at radius 3 is 1.30 bits per heavy atom. The van der Waals surface area contributed by atoms with E-state index in [1.54, 1.807) is 0 Å². The number of phosphoric acid groups is 1. The first-order valence-corrected chi connectivity index (χ1v) is 22.8. The summed E-state index contributed by atoms with van der Waals surface area (Å²) in [6.45, 7) is 3.59. The second-order valence-electron chi connectivity index (χ2n) is 14.0. The predicted molar refractivity (Wildman–Crippen MR) is 225 cm³/mol. The summed E-state index contributed by atoms with van der Waals surface area (Å²) in [5.74, 6) is -0.993. The van der Waals surface area contributed by atoms with Crippen molar-refractivity contribution in [3.63, 3.8) is 0 Å². The Bertz CT molecular complexity index is 1100. The smallest absolute Gasteiger partial charge is 0.462 e. The fourth-order valence-electron chi connectivity index (χ4n) is 5.51. The van der Waals surface area contributed by atoms with E-state index in [1.165, 1.54) is 89.9 Å². The number of allylic oxidation sites excluding steroid dienone is 12. The minimum absolute atomic E-state index is 0.126. The number of ether oxygens (including phenoxy) is 2. The number of carbonyl (C=O) groups excluding carboxylic acids is 2. The Labute approximate surface area is 329 Å². The van der Waals surface area contributed by atoms with E-state index in [2.05, 4.69) is 85.2 Å². The molecule has 0 aromatic heterocycles. The third kappa shape index (κ3) is 42.2. The van der Waals surface area contributed by atoms with Gasteiger partial charge in [-0.3, -0.25) is 14.1 Å². The molecule has 0 saturated carbocycles. The normalized spacial score (nSPS) is 13.2. The number of phosphoric ester groups is 1. The van der Waals surface area contributed by atoms with Crippen molar-refractivity contribution >= 4 is 19.8 Å². The lowest BCUT2D eigenvalue weighted by Gasteiger charge is -2.18. The number of esters is 2. The molecular formula is C45H77O8P. The molecule has 1 atom stereocenters. The molecule has 0 aliphatic rings. The van der Waals surface area contributed by atoms with Crippen molar-refractivity contribution in [2.24, 2.45) is 0 Å². The summed E-state index contributed by atoms with van der Waals surface area (Å²) >= 11 is 0. The first-order valence-electron chi connectivity index (χ1n) is 21.2. The van der Waals surface area contributed by atoms with Crippen LogP contribution >= 0.6 is 7.82 Å². The lowest BCUT2D eigenvalue weighted by atomic mass is 10.1. The number of hydrogen-bond donors (Lipinski definition) is 2. The van der Waals surface area contributed by atoms with Crippen molar-refractivity contribution < 1.29 is 37.9 Å². The predicted octanol–water partition coefficient (Wildman–Crippen LogP) is 13.1. The molecule has 2 N–H and O–H groups in total. The Hall–Kier alpha value is -2.51. The van der Waals surface area contributed by atoms with Crippen molar-refractivity contribution in [3.05, 3.63) is 72.9 Å². The van der Waals surface area contributed by atoms with Gasteiger partial charge in [-0.15, -0.1) is 0 Å². The fourth-order valence-corrected chi connectivity index (χ4v) is 5.87. The summed E-state index contributed by atoms with van der Waals surface area (Å²) in [4.78, 5) is 42.8. The van der Waals surface area contributed by atoms with E-state index in [4.69, 9.17) is 19.3 Å². The summed E-state index contributed by atoms with van der Waals surface area (Å²) in [5, 5.41) is 0. The molecule has 9 heteroatoms. The molecule has 54 heavy (non-hydrogen) atoms. The molecule has 0 rings (SSSR count). The van der Waals surface area contributed by atoms with Gasteiger partial charge in [0.25, 0.3) is 0 Å². The van der Waals surface area contributed by atoms with Crippen LogP contribution in [0, 0.1) is 0 Å². The summed E-state index contributed by atoms with van der Waals surface area (Å²) < 4.78 is 26.3. The highest BCUT2D eigenvalue weighted by atomic mass is 31.2. The molecule has 0 radical (unpaired) electrons. The Morgan fingerprint density at radius 2 is 0.852 bits per heavy atom. The molecule has 0 fully saturated rings. The quantitative estimate of drug-likeness (QED) is 0.0275. The maximum Gasteiger partial charge on any atom is 0.469 e. The van der Waals surface area contributed by atoms with Crippen LogP contribution in [0.4, 0.5) is 0 Å². The third-order valence-corrected chi connectivity index (χ3v) is 9.18. The standard InChI is InChI=1S/C45H77O8P/c1-3-5-7-9-11-13-15-17-19-20-21-22-23-24-26-28-30-32-34-36-38-40-45(47)53-43(42-52-54(48,49)50)41-51-44(46)39-37-35-33-31-29-27-25-18-16-14-12-10-8-6-4-2/h18-20,22-23,25-26,28-29,31-32,34,43H,3-17,21,24,27,30,33,35-42H2,1-2H3,(H2,48,49,50)/b20-19+,23-22+,25-18+,28-26+,31-29+,34-32+/t43-/m1/s1. The SMILES string of the molecule is CCCCCCCC/C=C/C/C=C/CCCCC(=O)OC[C@H](COP(=O)(O)O)OC(=O)CCC/C=C/C/C=C/C/C=C/C/C=C/CCCCCCCCC. The average Bonchev–Trinajstić information content (AvgIpc) is 3.14. The molecule has 0 spiro atoms. The summed E-state index contributed by atoms with van der Waals surface area (Å²) in [5.41, 5.74) is 0. The van der Waals surface area contributed by atoms with Crippen LogP contribution in [0.25, 0.3) is 0 Å². The lowest BCUT2D eigenvalue weighted by Crippen LogP contribution is -2.29. The van der Waals surface area contributed by atoms with Gasteiger partial charge in [0, 0.05) is 12.8 Å². The first-order chi connectivity index (χ1) is 26.3. The van der Waals surface area contributed by atoms with Crippen molar-refractivity contribution in [2.45, 2.75) is 187 Å². The van der Waals surface area contributed by atoms with Crippen LogP contribution in [0.5, 0.6) is 0 Å². The first kappa shape index (κ1) is 51.5. The van der Waals surface area contributed by atoms with Crippen LogP contribution in [0.3, 0.4) is 0 Å². The van der Waals surface area contributed by atoms with Crippen LogP contribution in [-0.2, 0) is 28.2 Å². The molecular weight excluding hydrogens is 699 g/mol. The molecule has 0 unspecified atom stereocenters. The molecule has 0 bridgehead atoms. The van der Waals surface area contributed by atoms with Gasteiger partial charge in [0.05, 0.1) is 6.61 Å². The van der Waals surface area contributed by atoms with E-state index in [1.807, 2.05) is 6.08 Å². The molecule has 0 aromatic rings. The highest BCUT2D eigenvalue weighted by Crippen LogP contribution is 2.36. The maximum absolute atomic E-state index is 12.4. The molecule has 8 nitrogen and oxygen atoms in total. The molecule has 0 aliphatic carbocycles. The van der Waals surface area contributed by atoms with Gasteiger partial charge in [-0.05, 0) is 83.5 Å². The highest BCUT2D eigenvalue weighted by molar-refractivity contribution is 7.46. The zero-order valence-corrected chi connectivity index (χ0v) is 35.0. The third-order valence-electron chi connectivity index (χ3n) is 8.70. The van der Waals surface area contributed by atoms with Crippen molar-refractivity contribution in [1.82, 2.24) is 0 Å². The summed E-state index contributed by atoms with van der Waals surface area (Å²) in [6.07, 6.45) is 52.1. The molecule has 0 aliphatic heterocycles. The van der Waals surface area contributed by atoms with Crippen molar-refractivity contribution in [3.8, 4) is 0 Å². The van der Waals surface area contributed by atoms with Gasteiger partial charge in [-0.1, -0.05) is 157 Å². The van der Waals surface area contributed by atoms with Crippen LogP contribution in [0.15, 0.2) is 72.9 Å². The maximum atomic E-state index is 12.4. The zero-order chi connectivity index (χ0) is 39.6. The van der Waals surface area contributed by atoms with Crippen LogP contribution < -0.4 is 0 Å². The lowest BCUT2D eigenvalue weighted by molar-refractivity contribution is -0.161. The van der Waals surface area contributed by atoms with Crippen molar-refractivity contribution in [2.75, 3.05) is 13.2 Å². The number of hydrogen-bond acceptors (Lipinski definition) is 6. The van der Waals surface area contributed by atoms with E-state index in [-0.39, 0.29) is 19.4 Å². The fraction of sp³-hybridized carbons (Fsp3) is 0.689. The number of rotatable bonds is 38. The van der Waals surface area contributed by atoms with Crippen LogP contribution in [0.1, 0.15) is 181 Å². The molecule has 310 valence electrons. The van der Waals surface area contributed by atoms with Crippen LogP contribution in [0.2, 0.25) is 0 Å². The van der Waals surface area contributed by atoms with E-state index in [9.17, 15) is 14.2 Å². The van der Waals surface area contributed by atoms with Gasteiger partial charge >= 0.3 is 19.8 Å². The topological polar surface area (TPSA) is 119 Å². The Balaban J connectivity index is 4.08. The summed E-state index contributed by atoms with van der Waals surface area (Å²) in [7, 11) is -4.78. The van der Waals surface area contributed by atoms with Gasteiger partial charge < -0.3 is 19.3 Å². The van der Waals surface area contributed by atoms with Gasteiger partial charge in [0.2, 0.25) is 0 Å². The van der Waals surface area contributed by atoms with E-state index in [0.29, 0.717) is 19.3 Å². The number of carbonyl (C=O) groups is 2. The second-order valence-corrected chi connectivity index (χ2v) is 15.2.